The summed E-state index contributed by atoms with van der Waals surface area (Å²) in [5.74, 6) is 2.22. The fourth-order valence-corrected chi connectivity index (χ4v) is 4.93. The van der Waals surface area contributed by atoms with E-state index in [4.69, 9.17) is 37.9 Å². The largest absolute Gasteiger partial charge is 0.493 e. The van der Waals surface area contributed by atoms with Crippen molar-refractivity contribution < 1.29 is 37.9 Å². The minimum absolute atomic E-state index is 0.0178. The Morgan fingerprint density at radius 1 is 0.871 bits per heavy atom. The van der Waals surface area contributed by atoms with Crippen LogP contribution in [0.25, 0.3) is 0 Å². The summed E-state index contributed by atoms with van der Waals surface area (Å²) in [6.07, 6.45) is -0.126. The van der Waals surface area contributed by atoms with E-state index >= 15 is 0 Å². The summed E-state index contributed by atoms with van der Waals surface area (Å²) in [5, 5.41) is 0. The number of benzene rings is 2. The van der Waals surface area contributed by atoms with Gasteiger partial charge in [-0.1, -0.05) is 6.07 Å². The van der Waals surface area contributed by atoms with Crippen molar-refractivity contribution in [1.82, 2.24) is 0 Å². The van der Waals surface area contributed by atoms with Crippen molar-refractivity contribution in [3.63, 3.8) is 0 Å². The first-order chi connectivity index (χ1) is 15.1. The number of hydrogen-bond acceptors (Lipinski definition) is 8. The van der Waals surface area contributed by atoms with Gasteiger partial charge in [0.25, 0.3) is 0 Å². The molecule has 2 aromatic carbocycles. The average molecular weight is 430 g/mol. The van der Waals surface area contributed by atoms with Crippen LogP contribution in [0.3, 0.4) is 0 Å². The predicted octanol–water partition coefficient (Wildman–Crippen LogP) is 3.27. The van der Waals surface area contributed by atoms with E-state index < -0.39 is 5.79 Å². The van der Waals surface area contributed by atoms with Gasteiger partial charge in [0.15, 0.2) is 28.8 Å². The SMILES string of the molecule is COc1cc([C@]2(OC)OC[C@@H]3[C@@H](c4ccc5c(c4)OCO5)OC[C@@H]32)cc(OC)c1OC. The molecule has 0 unspecified atom stereocenters. The summed E-state index contributed by atoms with van der Waals surface area (Å²) in [6.45, 7) is 1.23. The van der Waals surface area contributed by atoms with Crippen molar-refractivity contribution in [2.75, 3.05) is 48.4 Å². The molecule has 3 aliphatic heterocycles. The van der Waals surface area contributed by atoms with E-state index in [1.165, 1.54) is 0 Å². The first-order valence-corrected chi connectivity index (χ1v) is 10.2. The average Bonchev–Trinajstić information content (AvgIpc) is 3.53. The predicted molar refractivity (Wildman–Crippen MR) is 109 cm³/mol. The number of methoxy groups -OCH3 is 4. The Labute approximate surface area is 180 Å². The molecule has 0 N–H and O–H groups in total. The molecule has 166 valence electrons. The molecule has 2 fully saturated rings. The molecule has 3 aliphatic rings. The summed E-state index contributed by atoms with van der Waals surface area (Å²) in [4.78, 5) is 0. The van der Waals surface area contributed by atoms with E-state index in [0.29, 0.717) is 30.5 Å². The smallest absolute Gasteiger partial charge is 0.231 e. The van der Waals surface area contributed by atoms with Crippen molar-refractivity contribution in [2.24, 2.45) is 11.8 Å². The monoisotopic (exact) mass is 430 g/mol. The second kappa shape index (κ2) is 7.78. The van der Waals surface area contributed by atoms with Crippen molar-refractivity contribution in [1.29, 1.82) is 0 Å². The molecule has 31 heavy (non-hydrogen) atoms. The first kappa shape index (κ1) is 20.2. The molecule has 8 nitrogen and oxygen atoms in total. The van der Waals surface area contributed by atoms with Crippen LogP contribution in [0.4, 0.5) is 0 Å². The van der Waals surface area contributed by atoms with Gasteiger partial charge in [0.2, 0.25) is 12.5 Å². The van der Waals surface area contributed by atoms with Crippen LogP contribution in [0.2, 0.25) is 0 Å². The Morgan fingerprint density at radius 2 is 1.61 bits per heavy atom. The van der Waals surface area contributed by atoms with Crippen LogP contribution in [-0.2, 0) is 20.0 Å². The molecule has 0 aliphatic carbocycles. The molecule has 5 rings (SSSR count). The Morgan fingerprint density at radius 3 is 2.29 bits per heavy atom. The van der Waals surface area contributed by atoms with Crippen molar-refractivity contribution in [2.45, 2.75) is 11.9 Å². The lowest BCUT2D eigenvalue weighted by molar-refractivity contribution is -0.230. The summed E-state index contributed by atoms with van der Waals surface area (Å²) >= 11 is 0. The summed E-state index contributed by atoms with van der Waals surface area (Å²) in [5.41, 5.74) is 1.84. The fourth-order valence-electron chi connectivity index (χ4n) is 4.93. The van der Waals surface area contributed by atoms with Gasteiger partial charge >= 0.3 is 0 Å². The van der Waals surface area contributed by atoms with Crippen LogP contribution in [0.5, 0.6) is 28.7 Å². The lowest BCUT2D eigenvalue weighted by Crippen LogP contribution is -2.36. The number of rotatable bonds is 6. The van der Waals surface area contributed by atoms with Crippen LogP contribution in [0, 0.1) is 11.8 Å². The molecule has 0 spiro atoms. The highest BCUT2D eigenvalue weighted by Crippen LogP contribution is 2.56. The normalized spacial score (nSPS) is 28.5. The van der Waals surface area contributed by atoms with E-state index in [1.54, 1.807) is 28.4 Å². The first-order valence-electron chi connectivity index (χ1n) is 10.2. The fraction of sp³-hybridized carbons (Fsp3) is 0.478. The summed E-state index contributed by atoms with van der Waals surface area (Å²) in [6, 6.07) is 9.68. The standard InChI is InChI=1S/C23H26O8/c1-24-19-8-14(9-20(25-2)22(19)26-3)23(27-4)16-11-28-21(15(16)10-31-23)13-5-6-17-18(7-13)30-12-29-17/h5-9,15-16,21H,10-12H2,1-4H3/t15-,16-,21+,23-/m0/s1. The molecule has 0 saturated carbocycles. The van der Waals surface area contributed by atoms with Crippen LogP contribution in [0.1, 0.15) is 17.2 Å². The van der Waals surface area contributed by atoms with Gasteiger partial charge in [-0.15, -0.1) is 0 Å². The third-order valence-corrected chi connectivity index (χ3v) is 6.43. The second-order valence-corrected chi connectivity index (χ2v) is 7.73. The van der Waals surface area contributed by atoms with Gasteiger partial charge in [0.1, 0.15) is 0 Å². The Hall–Kier alpha value is -2.68. The molecular formula is C23H26O8. The van der Waals surface area contributed by atoms with Crippen LogP contribution in [0.15, 0.2) is 30.3 Å². The third kappa shape index (κ3) is 3.01. The molecule has 0 amide bonds. The Bertz CT molecular complexity index is 951. The zero-order valence-electron chi connectivity index (χ0n) is 18.0. The molecule has 2 saturated heterocycles. The van der Waals surface area contributed by atoms with E-state index in [9.17, 15) is 0 Å². The van der Waals surface area contributed by atoms with Crippen LogP contribution in [-0.4, -0.2) is 48.4 Å². The third-order valence-electron chi connectivity index (χ3n) is 6.43. The van der Waals surface area contributed by atoms with Gasteiger partial charge in [-0.3, -0.25) is 0 Å². The number of fused-ring (bicyclic) bond motifs is 2. The van der Waals surface area contributed by atoms with Crippen molar-refractivity contribution in [3.05, 3.63) is 41.5 Å². The summed E-state index contributed by atoms with van der Waals surface area (Å²) in [7, 11) is 6.41. The number of ether oxygens (including phenoxy) is 8. The Kier molecular flexibility index (Phi) is 5.08. The van der Waals surface area contributed by atoms with E-state index in [2.05, 4.69) is 0 Å². The van der Waals surface area contributed by atoms with Gasteiger partial charge in [-0.2, -0.15) is 0 Å². The molecule has 0 radical (unpaired) electrons. The van der Waals surface area contributed by atoms with Crippen LogP contribution >= 0.6 is 0 Å². The maximum absolute atomic E-state index is 6.35. The maximum atomic E-state index is 6.35. The highest BCUT2D eigenvalue weighted by atomic mass is 16.7. The lowest BCUT2D eigenvalue weighted by atomic mass is 9.82. The topological polar surface area (TPSA) is 73.8 Å². The highest BCUT2D eigenvalue weighted by Gasteiger charge is 2.58. The minimum Gasteiger partial charge on any atom is -0.493 e. The lowest BCUT2D eigenvalue weighted by Gasteiger charge is -2.33. The van der Waals surface area contributed by atoms with Crippen molar-refractivity contribution >= 4 is 0 Å². The van der Waals surface area contributed by atoms with Gasteiger partial charge in [-0.05, 0) is 29.8 Å². The molecule has 2 aromatic rings. The zero-order chi connectivity index (χ0) is 21.6. The van der Waals surface area contributed by atoms with Gasteiger partial charge in [0, 0.05) is 24.5 Å². The summed E-state index contributed by atoms with van der Waals surface area (Å²) < 4.78 is 46.2. The van der Waals surface area contributed by atoms with E-state index in [1.807, 2.05) is 30.3 Å². The molecule has 0 aromatic heterocycles. The van der Waals surface area contributed by atoms with Gasteiger partial charge in [0.05, 0.1) is 40.6 Å². The zero-order valence-corrected chi connectivity index (χ0v) is 18.0. The second-order valence-electron chi connectivity index (χ2n) is 7.73. The van der Waals surface area contributed by atoms with Crippen molar-refractivity contribution in [3.8, 4) is 28.7 Å². The molecular weight excluding hydrogens is 404 g/mol. The molecule has 4 atom stereocenters. The maximum Gasteiger partial charge on any atom is 0.231 e. The van der Waals surface area contributed by atoms with E-state index in [0.717, 1.165) is 22.6 Å². The van der Waals surface area contributed by atoms with Gasteiger partial charge in [-0.25, -0.2) is 0 Å². The molecule has 0 bridgehead atoms. The van der Waals surface area contributed by atoms with E-state index in [-0.39, 0.29) is 24.7 Å². The molecule has 8 heteroatoms. The minimum atomic E-state index is -0.984. The Balaban J connectivity index is 1.50. The molecule has 3 heterocycles. The highest BCUT2D eigenvalue weighted by molar-refractivity contribution is 5.55. The quantitative estimate of drug-likeness (QED) is 0.691. The number of hydrogen-bond donors (Lipinski definition) is 0. The van der Waals surface area contributed by atoms with Gasteiger partial charge < -0.3 is 37.9 Å². The van der Waals surface area contributed by atoms with Crippen LogP contribution < -0.4 is 23.7 Å².